The molecule has 28 heavy (non-hydrogen) atoms. The van der Waals surface area contributed by atoms with Gasteiger partial charge in [-0.15, -0.1) is 0 Å². The van der Waals surface area contributed by atoms with E-state index >= 15 is 0 Å². The first kappa shape index (κ1) is 19.2. The molecule has 0 saturated heterocycles. The van der Waals surface area contributed by atoms with Crippen molar-refractivity contribution in [1.29, 1.82) is 0 Å². The van der Waals surface area contributed by atoms with E-state index in [1.807, 2.05) is 0 Å². The molecular formula is C21H19NO6. The van der Waals surface area contributed by atoms with Crippen molar-refractivity contribution < 1.29 is 28.6 Å². The van der Waals surface area contributed by atoms with E-state index in [1.165, 1.54) is 13.0 Å². The summed E-state index contributed by atoms with van der Waals surface area (Å²) in [5.74, 6) is -0.0892. The Kier molecular flexibility index (Phi) is 6.06. The minimum atomic E-state index is -0.662. The second-order valence-corrected chi connectivity index (χ2v) is 5.99. The maximum Gasteiger partial charge on any atom is 0.331 e. The second kappa shape index (κ2) is 8.85. The molecule has 0 atom stereocenters. The highest BCUT2D eigenvalue weighted by Gasteiger charge is 2.12. The summed E-state index contributed by atoms with van der Waals surface area (Å²) in [6.45, 7) is 1.93. The van der Waals surface area contributed by atoms with Crippen molar-refractivity contribution in [3.63, 3.8) is 0 Å². The highest BCUT2D eigenvalue weighted by molar-refractivity contribution is 6.04. The number of hydrogen-bond donors (Lipinski definition) is 1. The van der Waals surface area contributed by atoms with Crippen molar-refractivity contribution in [2.45, 2.75) is 6.92 Å². The molecule has 0 saturated carbocycles. The Morgan fingerprint density at radius 1 is 1.07 bits per heavy atom. The lowest BCUT2D eigenvalue weighted by atomic mass is 10.1. The van der Waals surface area contributed by atoms with E-state index < -0.39 is 18.5 Å². The molecule has 0 aliphatic carbocycles. The Morgan fingerprint density at radius 3 is 2.61 bits per heavy atom. The molecule has 0 spiro atoms. The van der Waals surface area contributed by atoms with Gasteiger partial charge in [0.1, 0.15) is 13.2 Å². The highest BCUT2D eigenvalue weighted by Crippen LogP contribution is 2.31. The fourth-order valence-corrected chi connectivity index (χ4v) is 2.60. The first-order valence-electron chi connectivity index (χ1n) is 8.67. The van der Waals surface area contributed by atoms with E-state index in [1.54, 1.807) is 48.5 Å². The SMILES string of the molecule is CC(=O)c1ccccc1NC(=O)COC(=O)C=Cc1ccc2c(c1)OCCO2. The summed E-state index contributed by atoms with van der Waals surface area (Å²) in [6, 6.07) is 11.9. The van der Waals surface area contributed by atoms with Crippen molar-refractivity contribution in [2.75, 3.05) is 25.1 Å². The van der Waals surface area contributed by atoms with Crippen LogP contribution in [0.4, 0.5) is 5.69 Å². The van der Waals surface area contributed by atoms with Crippen LogP contribution in [0.15, 0.2) is 48.5 Å². The van der Waals surface area contributed by atoms with Crippen LogP contribution in [-0.4, -0.2) is 37.5 Å². The zero-order chi connectivity index (χ0) is 19.9. The van der Waals surface area contributed by atoms with Crippen LogP contribution in [0.2, 0.25) is 0 Å². The number of esters is 1. The number of fused-ring (bicyclic) bond motifs is 1. The van der Waals surface area contributed by atoms with Crippen LogP contribution in [-0.2, 0) is 14.3 Å². The van der Waals surface area contributed by atoms with Gasteiger partial charge in [-0.3, -0.25) is 9.59 Å². The minimum Gasteiger partial charge on any atom is -0.486 e. The molecule has 144 valence electrons. The zero-order valence-corrected chi connectivity index (χ0v) is 15.3. The van der Waals surface area contributed by atoms with E-state index in [9.17, 15) is 14.4 Å². The van der Waals surface area contributed by atoms with Gasteiger partial charge in [0, 0.05) is 11.6 Å². The molecule has 0 aromatic heterocycles. The van der Waals surface area contributed by atoms with Crippen molar-refractivity contribution in [3.8, 4) is 11.5 Å². The zero-order valence-electron chi connectivity index (χ0n) is 15.3. The van der Waals surface area contributed by atoms with Gasteiger partial charge in [0.05, 0.1) is 5.69 Å². The molecule has 1 N–H and O–H groups in total. The standard InChI is InChI=1S/C21H19NO6/c1-14(23)16-4-2-3-5-17(16)22-20(24)13-28-21(25)9-7-15-6-8-18-19(12-15)27-11-10-26-18/h2-9,12H,10-11,13H2,1H3,(H,22,24). The number of hydrogen-bond acceptors (Lipinski definition) is 6. The molecule has 3 rings (SSSR count). The molecule has 0 fully saturated rings. The topological polar surface area (TPSA) is 90.9 Å². The first-order valence-corrected chi connectivity index (χ1v) is 8.67. The summed E-state index contributed by atoms with van der Waals surface area (Å²) in [4.78, 5) is 35.4. The quantitative estimate of drug-likeness (QED) is 0.470. The van der Waals surface area contributed by atoms with Gasteiger partial charge in [0.15, 0.2) is 23.9 Å². The lowest BCUT2D eigenvalue weighted by molar-refractivity contribution is -0.142. The van der Waals surface area contributed by atoms with E-state index in [4.69, 9.17) is 14.2 Å². The normalized spacial score (nSPS) is 12.5. The predicted octanol–water partition coefficient (Wildman–Crippen LogP) is 2.86. The number of anilines is 1. The number of carbonyl (C=O) groups excluding carboxylic acids is 3. The molecule has 0 radical (unpaired) electrons. The average Bonchev–Trinajstić information content (AvgIpc) is 2.70. The number of para-hydroxylation sites is 1. The van der Waals surface area contributed by atoms with Crippen LogP contribution < -0.4 is 14.8 Å². The van der Waals surface area contributed by atoms with Crippen LogP contribution in [0.5, 0.6) is 11.5 Å². The van der Waals surface area contributed by atoms with Gasteiger partial charge >= 0.3 is 5.97 Å². The van der Waals surface area contributed by atoms with Gasteiger partial charge in [0.2, 0.25) is 0 Å². The number of benzene rings is 2. The first-order chi connectivity index (χ1) is 13.5. The van der Waals surface area contributed by atoms with E-state index in [0.717, 1.165) is 5.56 Å². The van der Waals surface area contributed by atoms with Gasteiger partial charge in [-0.1, -0.05) is 18.2 Å². The van der Waals surface area contributed by atoms with E-state index in [2.05, 4.69) is 5.32 Å². The Bertz CT molecular complexity index is 934. The van der Waals surface area contributed by atoms with Crippen molar-refractivity contribution in [2.24, 2.45) is 0 Å². The van der Waals surface area contributed by atoms with Crippen molar-refractivity contribution >= 4 is 29.4 Å². The van der Waals surface area contributed by atoms with Gasteiger partial charge in [-0.2, -0.15) is 0 Å². The molecule has 0 unspecified atom stereocenters. The second-order valence-electron chi connectivity index (χ2n) is 5.99. The average molecular weight is 381 g/mol. The lowest BCUT2D eigenvalue weighted by Crippen LogP contribution is -2.21. The maximum atomic E-state index is 12.0. The maximum absolute atomic E-state index is 12.0. The molecule has 2 aromatic rings. The fourth-order valence-electron chi connectivity index (χ4n) is 2.60. The third-order valence-electron chi connectivity index (χ3n) is 3.90. The largest absolute Gasteiger partial charge is 0.486 e. The molecule has 1 amide bonds. The summed E-state index contributed by atoms with van der Waals surface area (Å²) in [7, 11) is 0. The van der Waals surface area contributed by atoms with Crippen LogP contribution in [0.1, 0.15) is 22.8 Å². The number of ether oxygens (including phenoxy) is 3. The summed E-state index contributed by atoms with van der Waals surface area (Å²) in [6.07, 6.45) is 2.78. The molecule has 1 heterocycles. The number of carbonyl (C=O) groups is 3. The Balaban J connectivity index is 1.52. The van der Waals surface area contributed by atoms with Crippen LogP contribution in [0.3, 0.4) is 0 Å². The number of amides is 1. The monoisotopic (exact) mass is 381 g/mol. The fraction of sp³-hybridized carbons (Fsp3) is 0.190. The van der Waals surface area contributed by atoms with Crippen molar-refractivity contribution in [1.82, 2.24) is 0 Å². The summed E-state index contributed by atoms with van der Waals surface area (Å²) < 4.78 is 15.8. The van der Waals surface area contributed by atoms with Gasteiger partial charge in [-0.25, -0.2) is 4.79 Å². The van der Waals surface area contributed by atoms with Gasteiger partial charge < -0.3 is 19.5 Å². The molecule has 1 aliphatic rings. The third kappa shape index (κ3) is 4.97. The van der Waals surface area contributed by atoms with Gasteiger partial charge in [0.25, 0.3) is 5.91 Å². The Labute approximate surface area is 161 Å². The van der Waals surface area contributed by atoms with Gasteiger partial charge in [-0.05, 0) is 42.8 Å². The predicted molar refractivity (Wildman–Crippen MR) is 103 cm³/mol. The van der Waals surface area contributed by atoms with E-state index in [0.29, 0.717) is 36.0 Å². The van der Waals surface area contributed by atoms with Crippen LogP contribution in [0, 0.1) is 0 Å². The number of ketones is 1. The Hall–Kier alpha value is -3.61. The molecule has 2 aromatic carbocycles. The van der Waals surface area contributed by atoms with Crippen molar-refractivity contribution in [3.05, 3.63) is 59.7 Å². The van der Waals surface area contributed by atoms with Crippen LogP contribution in [0.25, 0.3) is 6.08 Å². The number of nitrogens with one attached hydrogen (secondary N) is 1. The summed E-state index contributed by atoms with van der Waals surface area (Å²) in [5, 5.41) is 2.56. The smallest absolute Gasteiger partial charge is 0.331 e. The molecule has 1 aliphatic heterocycles. The highest BCUT2D eigenvalue weighted by atomic mass is 16.6. The minimum absolute atomic E-state index is 0.171. The molecular weight excluding hydrogens is 362 g/mol. The summed E-state index contributed by atoms with van der Waals surface area (Å²) in [5.41, 5.74) is 1.50. The summed E-state index contributed by atoms with van der Waals surface area (Å²) >= 11 is 0. The molecule has 7 heteroatoms. The molecule has 7 nitrogen and oxygen atoms in total. The van der Waals surface area contributed by atoms with E-state index in [-0.39, 0.29) is 5.78 Å². The Morgan fingerprint density at radius 2 is 1.82 bits per heavy atom. The third-order valence-corrected chi connectivity index (χ3v) is 3.90. The number of rotatable bonds is 6. The lowest BCUT2D eigenvalue weighted by Gasteiger charge is -2.18. The number of Topliss-reactive ketones (excluding diaryl/α,β-unsaturated/α-hetero) is 1. The molecule has 0 bridgehead atoms. The van der Waals surface area contributed by atoms with Crippen LogP contribution >= 0.6 is 0 Å².